The molecule has 6 nitrogen and oxygen atoms in total. The highest BCUT2D eigenvalue weighted by atomic mass is 16.1. The molecule has 26 heavy (non-hydrogen) atoms. The lowest BCUT2D eigenvalue weighted by Gasteiger charge is -2.30. The number of likely N-dealkylation sites (tertiary alicyclic amines) is 1. The van der Waals surface area contributed by atoms with Gasteiger partial charge in [-0.1, -0.05) is 25.1 Å². The highest BCUT2D eigenvalue weighted by Crippen LogP contribution is 2.29. The second kappa shape index (κ2) is 7.43. The minimum Gasteiger partial charge on any atom is -0.384 e. The smallest absolute Gasteiger partial charge is 0.268 e. The molecule has 2 heterocycles. The minimum atomic E-state index is -0.575. The number of benzene rings is 1. The summed E-state index contributed by atoms with van der Waals surface area (Å²) in [7, 11) is 0. The van der Waals surface area contributed by atoms with Crippen molar-refractivity contribution in [3.8, 4) is 23.3 Å². The number of nitriles is 2. The van der Waals surface area contributed by atoms with Crippen LogP contribution >= 0.6 is 0 Å². The van der Waals surface area contributed by atoms with Crippen LogP contribution in [-0.4, -0.2) is 23.0 Å². The summed E-state index contributed by atoms with van der Waals surface area (Å²) in [5.41, 5.74) is 7.33. The maximum atomic E-state index is 12.1. The summed E-state index contributed by atoms with van der Waals surface area (Å²) in [4.78, 5) is 16.9. The number of nitrogens with one attached hydrogen (secondary N) is 1. The molecule has 132 valence electrons. The van der Waals surface area contributed by atoms with Gasteiger partial charge >= 0.3 is 0 Å². The van der Waals surface area contributed by atoms with Gasteiger partial charge in [0.1, 0.15) is 29.1 Å². The summed E-state index contributed by atoms with van der Waals surface area (Å²) in [5.74, 6) is 0.759. The summed E-state index contributed by atoms with van der Waals surface area (Å²) in [6, 6.07) is 11.6. The van der Waals surface area contributed by atoms with Crippen molar-refractivity contribution in [1.29, 1.82) is 10.5 Å². The quantitative estimate of drug-likeness (QED) is 0.887. The minimum absolute atomic E-state index is 0.0121. The summed E-state index contributed by atoms with van der Waals surface area (Å²) in [6.45, 7) is 5.22. The van der Waals surface area contributed by atoms with Crippen LogP contribution in [0.5, 0.6) is 0 Å². The Bertz CT molecular complexity index is 956. The first kappa shape index (κ1) is 17.7. The summed E-state index contributed by atoms with van der Waals surface area (Å²) < 4.78 is 0. The van der Waals surface area contributed by atoms with Gasteiger partial charge in [-0.25, -0.2) is 0 Å². The summed E-state index contributed by atoms with van der Waals surface area (Å²) >= 11 is 0. The van der Waals surface area contributed by atoms with E-state index in [1.54, 1.807) is 6.07 Å². The number of aromatic nitrogens is 1. The van der Waals surface area contributed by atoms with E-state index in [9.17, 15) is 15.3 Å². The van der Waals surface area contributed by atoms with Crippen molar-refractivity contribution < 1.29 is 0 Å². The van der Waals surface area contributed by atoms with E-state index in [0.29, 0.717) is 11.1 Å². The van der Waals surface area contributed by atoms with E-state index in [-0.39, 0.29) is 16.9 Å². The Morgan fingerprint density at radius 2 is 1.92 bits per heavy atom. The van der Waals surface area contributed by atoms with Crippen LogP contribution in [0.3, 0.4) is 0 Å². The molecule has 2 aromatic rings. The third-order valence-electron chi connectivity index (χ3n) is 4.97. The van der Waals surface area contributed by atoms with E-state index in [1.807, 2.05) is 30.3 Å². The number of hydrogen-bond acceptors (Lipinski definition) is 5. The van der Waals surface area contributed by atoms with Gasteiger partial charge in [0.25, 0.3) is 5.56 Å². The highest BCUT2D eigenvalue weighted by Gasteiger charge is 2.19. The van der Waals surface area contributed by atoms with Crippen molar-refractivity contribution in [3.63, 3.8) is 0 Å². The van der Waals surface area contributed by atoms with Gasteiger partial charge in [0, 0.05) is 12.1 Å². The first-order chi connectivity index (χ1) is 12.5. The Labute approximate surface area is 152 Å². The van der Waals surface area contributed by atoms with Crippen LogP contribution in [0.1, 0.15) is 36.5 Å². The van der Waals surface area contributed by atoms with Crippen LogP contribution in [0, 0.1) is 28.6 Å². The highest BCUT2D eigenvalue weighted by molar-refractivity contribution is 5.80. The first-order valence-corrected chi connectivity index (χ1v) is 8.71. The van der Waals surface area contributed by atoms with E-state index in [0.717, 1.165) is 31.1 Å². The Balaban J connectivity index is 2.00. The molecule has 0 unspecified atom stereocenters. The molecule has 1 aromatic heterocycles. The standard InChI is InChI=1S/C20H21N5O/c1-13-5-7-25(8-6-13)12-14-3-2-4-15(9-14)18-16(10-21)19(23)24-20(26)17(18)11-22/h2-4,9,13H,5-8,12H2,1H3,(H3,23,24,26). The fourth-order valence-electron chi connectivity index (χ4n) is 3.44. The van der Waals surface area contributed by atoms with Gasteiger partial charge in [-0.15, -0.1) is 0 Å². The van der Waals surface area contributed by atoms with E-state index in [1.165, 1.54) is 12.8 Å². The lowest BCUT2D eigenvalue weighted by atomic mass is 9.94. The van der Waals surface area contributed by atoms with Crippen LogP contribution in [-0.2, 0) is 6.54 Å². The Hall–Kier alpha value is -3.09. The first-order valence-electron chi connectivity index (χ1n) is 8.71. The van der Waals surface area contributed by atoms with Crippen molar-refractivity contribution >= 4 is 5.82 Å². The molecular formula is C20H21N5O. The lowest BCUT2D eigenvalue weighted by molar-refractivity contribution is 0.185. The normalized spacial score (nSPS) is 15.3. The van der Waals surface area contributed by atoms with Crippen LogP contribution in [0.25, 0.3) is 11.1 Å². The maximum absolute atomic E-state index is 12.1. The zero-order chi connectivity index (χ0) is 18.7. The molecule has 1 aromatic carbocycles. The number of H-pyrrole nitrogens is 1. The molecule has 1 fully saturated rings. The second-order valence-corrected chi connectivity index (χ2v) is 6.88. The molecule has 1 saturated heterocycles. The number of piperidine rings is 1. The number of nitrogen functional groups attached to an aromatic ring is 1. The molecule has 3 rings (SSSR count). The van der Waals surface area contributed by atoms with Gasteiger partial charge in [0.15, 0.2) is 0 Å². The van der Waals surface area contributed by atoms with Crippen molar-refractivity contribution in [3.05, 3.63) is 51.3 Å². The zero-order valence-corrected chi connectivity index (χ0v) is 14.7. The topological polar surface area (TPSA) is 110 Å². The second-order valence-electron chi connectivity index (χ2n) is 6.88. The molecule has 0 bridgehead atoms. The number of rotatable bonds is 3. The molecule has 3 N–H and O–H groups in total. The van der Waals surface area contributed by atoms with Gasteiger partial charge < -0.3 is 10.7 Å². The van der Waals surface area contributed by atoms with Crippen molar-refractivity contribution in [1.82, 2.24) is 9.88 Å². The van der Waals surface area contributed by atoms with Gasteiger partial charge in [0.05, 0.1) is 0 Å². The molecule has 0 saturated carbocycles. The third kappa shape index (κ3) is 3.46. The lowest BCUT2D eigenvalue weighted by Crippen LogP contribution is -2.32. The molecule has 0 atom stereocenters. The Morgan fingerprint density at radius 1 is 1.23 bits per heavy atom. The van der Waals surface area contributed by atoms with Crippen LogP contribution in [0.2, 0.25) is 0 Å². The molecular weight excluding hydrogens is 326 g/mol. The number of hydrogen-bond donors (Lipinski definition) is 2. The van der Waals surface area contributed by atoms with Crippen LogP contribution in [0.4, 0.5) is 5.82 Å². The third-order valence-corrected chi connectivity index (χ3v) is 4.97. The Kier molecular flexibility index (Phi) is 5.06. The molecule has 0 radical (unpaired) electrons. The van der Waals surface area contributed by atoms with E-state index in [2.05, 4.69) is 16.8 Å². The van der Waals surface area contributed by atoms with E-state index < -0.39 is 5.56 Å². The average molecular weight is 347 g/mol. The number of aromatic amines is 1. The van der Waals surface area contributed by atoms with Gasteiger partial charge in [-0.05, 0) is 49.0 Å². The van der Waals surface area contributed by atoms with Gasteiger partial charge in [0.2, 0.25) is 0 Å². The molecule has 1 aliphatic rings. The maximum Gasteiger partial charge on any atom is 0.268 e. The molecule has 0 spiro atoms. The zero-order valence-electron chi connectivity index (χ0n) is 14.7. The summed E-state index contributed by atoms with van der Waals surface area (Å²) in [6.07, 6.45) is 2.39. The predicted molar refractivity (Wildman–Crippen MR) is 100 cm³/mol. The largest absolute Gasteiger partial charge is 0.384 e. The van der Waals surface area contributed by atoms with Crippen LogP contribution in [0.15, 0.2) is 29.1 Å². The van der Waals surface area contributed by atoms with Gasteiger partial charge in [-0.2, -0.15) is 10.5 Å². The molecule has 0 aliphatic carbocycles. The van der Waals surface area contributed by atoms with Crippen molar-refractivity contribution in [2.75, 3.05) is 18.8 Å². The molecule has 6 heteroatoms. The average Bonchev–Trinajstić information content (AvgIpc) is 2.63. The van der Waals surface area contributed by atoms with Crippen molar-refractivity contribution in [2.45, 2.75) is 26.3 Å². The Morgan fingerprint density at radius 3 is 2.58 bits per heavy atom. The van der Waals surface area contributed by atoms with Crippen LogP contribution < -0.4 is 11.3 Å². The SMILES string of the molecule is CC1CCN(Cc2cccc(-c3c(C#N)c(N)[nH]c(=O)c3C#N)c2)CC1. The fourth-order valence-corrected chi connectivity index (χ4v) is 3.44. The van der Waals surface area contributed by atoms with Crippen molar-refractivity contribution in [2.24, 2.45) is 5.92 Å². The van der Waals surface area contributed by atoms with E-state index in [4.69, 9.17) is 5.73 Å². The number of pyridine rings is 1. The monoisotopic (exact) mass is 347 g/mol. The number of nitrogens with zero attached hydrogens (tertiary/aromatic N) is 3. The summed E-state index contributed by atoms with van der Waals surface area (Å²) in [5, 5.41) is 18.9. The van der Waals surface area contributed by atoms with Gasteiger partial charge in [-0.3, -0.25) is 9.69 Å². The van der Waals surface area contributed by atoms with E-state index >= 15 is 0 Å². The predicted octanol–water partition coefficient (Wildman–Crippen LogP) is 2.60. The molecule has 0 amide bonds. The fraction of sp³-hybridized carbons (Fsp3) is 0.350. The molecule has 1 aliphatic heterocycles. The number of nitrogens with two attached hydrogens (primary N) is 1. The number of anilines is 1.